The second kappa shape index (κ2) is 6.49. The molecule has 0 radical (unpaired) electrons. The highest BCUT2D eigenvalue weighted by molar-refractivity contribution is 9.10. The van der Waals surface area contributed by atoms with Gasteiger partial charge in [-0.25, -0.2) is 0 Å². The van der Waals surface area contributed by atoms with E-state index >= 15 is 0 Å². The van der Waals surface area contributed by atoms with Crippen LogP contribution < -0.4 is 11.1 Å². The lowest BCUT2D eigenvalue weighted by Gasteiger charge is -2.37. The molecule has 0 bridgehead atoms. The molecule has 1 aliphatic carbocycles. The number of hydrogen-bond donors (Lipinski definition) is 2. The molecule has 21 heavy (non-hydrogen) atoms. The summed E-state index contributed by atoms with van der Waals surface area (Å²) in [6, 6.07) is 4.06. The predicted octanol–water partition coefficient (Wildman–Crippen LogP) is 4.16. The van der Waals surface area contributed by atoms with Crippen LogP contribution in [-0.2, 0) is 4.79 Å². The van der Waals surface area contributed by atoms with Crippen LogP contribution in [0.15, 0.2) is 16.6 Å². The molecular weight excluding hydrogens is 328 g/mol. The standard InChI is InChI=1S/C17H25BrN2O/c1-11-4-6-17(10-19,7-5-11)16(21)20-15-12(2)8-14(18)9-13(15)3/h8-9,11H,4-7,10,19H2,1-3H3,(H,20,21). The van der Waals surface area contributed by atoms with Gasteiger partial charge in [-0.1, -0.05) is 22.9 Å². The van der Waals surface area contributed by atoms with Crippen molar-refractivity contribution in [2.24, 2.45) is 17.1 Å². The summed E-state index contributed by atoms with van der Waals surface area (Å²) in [5.74, 6) is 0.791. The van der Waals surface area contributed by atoms with E-state index in [9.17, 15) is 4.79 Å². The Morgan fingerprint density at radius 1 is 1.33 bits per heavy atom. The Kier molecular flexibility index (Phi) is 5.10. The maximum absolute atomic E-state index is 12.8. The van der Waals surface area contributed by atoms with Crippen molar-refractivity contribution in [2.75, 3.05) is 11.9 Å². The van der Waals surface area contributed by atoms with Crippen LogP contribution in [0.2, 0.25) is 0 Å². The fourth-order valence-electron chi connectivity index (χ4n) is 3.19. The zero-order chi connectivity index (χ0) is 15.6. The third-order valence-electron chi connectivity index (χ3n) is 4.84. The summed E-state index contributed by atoms with van der Waals surface area (Å²) in [7, 11) is 0. The summed E-state index contributed by atoms with van der Waals surface area (Å²) in [5, 5.41) is 3.14. The molecule has 1 saturated carbocycles. The van der Waals surface area contributed by atoms with Crippen molar-refractivity contribution < 1.29 is 4.79 Å². The smallest absolute Gasteiger partial charge is 0.231 e. The van der Waals surface area contributed by atoms with Gasteiger partial charge in [0.2, 0.25) is 5.91 Å². The lowest BCUT2D eigenvalue weighted by atomic mass is 9.70. The van der Waals surface area contributed by atoms with Crippen molar-refractivity contribution in [3.8, 4) is 0 Å². The minimum atomic E-state index is -0.390. The molecule has 2 rings (SSSR count). The number of carbonyl (C=O) groups excluding carboxylic acids is 1. The third-order valence-corrected chi connectivity index (χ3v) is 5.30. The summed E-state index contributed by atoms with van der Waals surface area (Å²) in [4.78, 5) is 12.8. The number of aryl methyl sites for hydroxylation is 2. The van der Waals surface area contributed by atoms with E-state index in [4.69, 9.17) is 5.73 Å². The van der Waals surface area contributed by atoms with Gasteiger partial charge in [0.15, 0.2) is 0 Å². The van der Waals surface area contributed by atoms with Crippen molar-refractivity contribution >= 4 is 27.5 Å². The van der Waals surface area contributed by atoms with Gasteiger partial charge in [0, 0.05) is 16.7 Å². The van der Waals surface area contributed by atoms with E-state index in [0.29, 0.717) is 12.5 Å². The second-order valence-electron chi connectivity index (χ2n) is 6.54. The number of amides is 1. The summed E-state index contributed by atoms with van der Waals surface area (Å²) >= 11 is 3.49. The van der Waals surface area contributed by atoms with Crippen LogP contribution >= 0.6 is 15.9 Å². The van der Waals surface area contributed by atoms with Crippen LogP contribution in [0.5, 0.6) is 0 Å². The van der Waals surface area contributed by atoms with E-state index < -0.39 is 5.41 Å². The first-order chi connectivity index (χ1) is 9.88. The molecule has 0 spiro atoms. The van der Waals surface area contributed by atoms with Gasteiger partial charge >= 0.3 is 0 Å². The van der Waals surface area contributed by atoms with Gasteiger partial charge in [-0.05, 0) is 68.7 Å². The Hall–Kier alpha value is -0.870. The number of anilines is 1. The van der Waals surface area contributed by atoms with E-state index in [1.807, 2.05) is 26.0 Å². The molecule has 0 heterocycles. The number of rotatable bonds is 3. The molecule has 3 N–H and O–H groups in total. The number of nitrogens with one attached hydrogen (secondary N) is 1. The van der Waals surface area contributed by atoms with E-state index in [1.165, 1.54) is 0 Å². The van der Waals surface area contributed by atoms with E-state index in [0.717, 1.165) is 47.0 Å². The number of carbonyl (C=O) groups is 1. The average molecular weight is 353 g/mol. The maximum Gasteiger partial charge on any atom is 0.231 e. The topological polar surface area (TPSA) is 55.1 Å². The molecular formula is C17H25BrN2O. The number of halogens is 1. The molecule has 1 aromatic rings. The highest BCUT2D eigenvalue weighted by atomic mass is 79.9. The molecule has 0 aromatic heterocycles. The number of hydrogen-bond acceptors (Lipinski definition) is 2. The largest absolute Gasteiger partial charge is 0.329 e. The molecule has 1 amide bonds. The zero-order valence-electron chi connectivity index (χ0n) is 13.1. The van der Waals surface area contributed by atoms with Gasteiger partial charge in [-0.15, -0.1) is 0 Å². The van der Waals surface area contributed by atoms with Gasteiger partial charge in [0.25, 0.3) is 0 Å². The Morgan fingerprint density at radius 2 is 1.86 bits per heavy atom. The summed E-state index contributed by atoms with van der Waals surface area (Å²) in [6.45, 7) is 6.72. The number of nitrogens with two attached hydrogens (primary N) is 1. The predicted molar refractivity (Wildman–Crippen MR) is 91.4 cm³/mol. The molecule has 1 aliphatic rings. The second-order valence-corrected chi connectivity index (χ2v) is 7.45. The third kappa shape index (κ3) is 3.49. The van der Waals surface area contributed by atoms with Crippen LogP contribution in [0.25, 0.3) is 0 Å². The van der Waals surface area contributed by atoms with Crippen LogP contribution in [0.4, 0.5) is 5.69 Å². The van der Waals surface area contributed by atoms with E-state index in [2.05, 4.69) is 28.2 Å². The fraction of sp³-hybridized carbons (Fsp3) is 0.588. The lowest BCUT2D eigenvalue weighted by Crippen LogP contribution is -2.45. The first-order valence-electron chi connectivity index (χ1n) is 7.66. The first kappa shape index (κ1) is 16.5. The number of benzene rings is 1. The van der Waals surface area contributed by atoms with Crippen molar-refractivity contribution in [3.63, 3.8) is 0 Å². The Balaban J connectivity index is 2.21. The molecule has 0 unspecified atom stereocenters. The zero-order valence-corrected chi connectivity index (χ0v) is 14.7. The monoisotopic (exact) mass is 352 g/mol. The first-order valence-corrected chi connectivity index (χ1v) is 8.45. The Bertz CT molecular complexity index is 511. The Morgan fingerprint density at radius 3 is 2.33 bits per heavy atom. The molecule has 116 valence electrons. The molecule has 0 saturated heterocycles. The van der Waals surface area contributed by atoms with Gasteiger partial charge < -0.3 is 11.1 Å². The van der Waals surface area contributed by atoms with E-state index in [-0.39, 0.29) is 5.91 Å². The molecule has 3 nitrogen and oxygen atoms in total. The van der Waals surface area contributed by atoms with Crippen molar-refractivity contribution in [1.82, 2.24) is 0 Å². The normalized spacial score (nSPS) is 25.7. The molecule has 0 atom stereocenters. The van der Waals surface area contributed by atoms with Gasteiger partial charge in [-0.3, -0.25) is 4.79 Å². The van der Waals surface area contributed by atoms with Gasteiger partial charge in [-0.2, -0.15) is 0 Å². The molecule has 1 aromatic carbocycles. The van der Waals surface area contributed by atoms with Gasteiger partial charge in [0.05, 0.1) is 5.41 Å². The highest BCUT2D eigenvalue weighted by Crippen LogP contribution is 2.39. The van der Waals surface area contributed by atoms with Crippen LogP contribution in [0.3, 0.4) is 0 Å². The average Bonchev–Trinajstić information content (AvgIpc) is 2.43. The lowest BCUT2D eigenvalue weighted by molar-refractivity contribution is -0.127. The van der Waals surface area contributed by atoms with E-state index in [1.54, 1.807) is 0 Å². The van der Waals surface area contributed by atoms with Crippen molar-refractivity contribution in [1.29, 1.82) is 0 Å². The fourth-order valence-corrected chi connectivity index (χ4v) is 3.88. The SMILES string of the molecule is Cc1cc(Br)cc(C)c1NC(=O)C1(CN)CCC(C)CC1. The molecule has 1 fully saturated rings. The molecule has 0 aliphatic heterocycles. The summed E-state index contributed by atoms with van der Waals surface area (Å²) in [6.07, 6.45) is 3.96. The summed E-state index contributed by atoms with van der Waals surface area (Å²) < 4.78 is 1.04. The van der Waals surface area contributed by atoms with Gasteiger partial charge in [0.1, 0.15) is 0 Å². The highest BCUT2D eigenvalue weighted by Gasteiger charge is 2.40. The van der Waals surface area contributed by atoms with Crippen molar-refractivity contribution in [2.45, 2.75) is 46.5 Å². The minimum Gasteiger partial charge on any atom is -0.329 e. The Labute approximate surface area is 135 Å². The maximum atomic E-state index is 12.8. The molecule has 4 heteroatoms. The quantitative estimate of drug-likeness (QED) is 0.857. The van der Waals surface area contributed by atoms with Crippen LogP contribution in [0.1, 0.15) is 43.7 Å². The summed E-state index contributed by atoms with van der Waals surface area (Å²) in [5.41, 5.74) is 8.66. The van der Waals surface area contributed by atoms with Crippen molar-refractivity contribution in [3.05, 3.63) is 27.7 Å². The minimum absolute atomic E-state index is 0.0884. The van der Waals surface area contributed by atoms with Crippen LogP contribution in [-0.4, -0.2) is 12.5 Å². The van der Waals surface area contributed by atoms with Crippen LogP contribution in [0, 0.1) is 25.2 Å².